The second kappa shape index (κ2) is 8.47. The average Bonchev–Trinajstić information content (AvgIpc) is 3.15. The number of hydrogen-bond acceptors (Lipinski definition) is 4. The zero-order chi connectivity index (χ0) is 19.4. The minimum Gasteiger partial charge on any atom is -0.457 e. The van der Waals surface area contributed by atoms with E-state index >= 15 is 0 Å². The monoisotopic (exact) mass is 397 g/mol. The topological polar surface area (TPSA) is 64.4 Å². The lowest BCUT2D eigenvalue weighted by Gasteiger charge is -2.31. The van der Waals surface area contributed by atoms with Crippen molar-refractivity contribution >= 4 is 23.5 Å². The highest BCUT2D eigenvalue weighted by molar-refractivity contribution is 6.30. The van der Waals surface area contributed by atoms with Crippen molar-refractivity contribution in [2.45, 2.75) is 26.0 Å². The molecule has 0 radical (unpaired) electrons. The van der Waals surface area contributed by atoms with Crippen molar-refractivity contribution in [3.63, 3.8) is 0 Å². The fourth-order valence-corrected chi connectivity index (χ4v) is 3.11. The molecule has 0 N–H and O–H groups in total. The molecule has 6 nitrogen and oxygen atoms in total. The third-order valence-corrected chi connectivity index (χ3v) is 4.76. The second-order valence-electron chi connectivity index (χ2n) is 6.21. The lowest BCUT2D eigenvalue weighted by molar-refractivity contribution is -0.151. The van der Waals surface area contributed by atoms with Gasteiger partial charge in [-0.3, -0.25) is 14.2 Å². The lowest BCUT2D eigenvalue weighted by atomic mass is 9.96. The summed E-state index contributed by atoms with van der Waals surface area (Å²) >= 11 is 5.83. The van der Waals surface area contributed by atoms with Crippen LogP contribution in [0.15, 0.2) is 36.7 Å². The number of piperidine rings is 1. The number of carbonyl (C=O) groups is 2. The summed E-state index contributed by atoms with van der Waals surface area (Å²) in [5.41, 5.74) is 0.541. The first-order valence-electron chi connectivity index (χ1n) is 8.47. The maximum Gasteiger partial charge on any atom is 0.320 e. The smallest absolute Gasteiger partial charge is 0.320 e. The van der Waals surface area contributed by atoms with E-state index in [1.807, 2.05) is 0 Å². The van der Waals surface area contributed by atoms with Gasteiger partial charge in [-0.05, 0) is 37.1 Å². The molecule has 0 bridgehead atoms. The average molecular weight is 398 g/mol. The molecule has 0 atom stereocenters. The molecule has 1 amide bonds. The van der Waals surface area contributed by atoms with Crippen molar-refractivity contribution in [2.24, 2.45) is 5.92 Å². The van der Waals surface area contributed by atoms with E-state index in [1.165, 1.54) is 6.20 Å². The van der Waals surface area contributed by atoms with Crippen molar-refractivity contribution < 1.29 is 23.1 Å². The van der Waals surface area contributed by atoms with Crippen LogP contribution in [0.1, 0.15) is 35.6 Å². The van der Waals surface area contributed by atoms with E-state index in [9.17, 15) is 18.4 Å². The number of aromatic nitrogens is 2. The van der Waals surface area contributed by atoms with Crippen LogP contribution < -0.4 is 0 Å². The van der Waals surface area contributed by atoms with Crippen LogP contribution in [0.3, 0.4) is 0 Å². The van der Waals surface area contributed by atoms with Crippen molar-refractivity contribution in [2.75, 3.05) is 13.1 Å². The highest BCUT2D eigenvalue weighted by Crippen LogP contribution is 2.22. The predicted molar refractivity (Wildman–Crippen MR) is 93.4 cm³/mol. The molecule has 0 aliphatic carbocycles. The summed E-state index contributed by atoms with van der Waals surface area (Å²) in [6.45, 7) is -2.19. The number of amides is 1. The number of nitrogens with zero attached hydrogens (tertiary/aromatic N) is 3. The van der Waals surface area contributed by atoms with Gasteiger partial charge >= 0.3 is 12.5 Å². The summed E-state index contributed by atoms with van der Waals surface area (Å²) in [5, 5.41) is 0.556. The normalized spacial score (nSPS) is 15.2. The first-order chi connectivity index (χ1) is 13.0. The minimum absolute atomic E-state index is 0.00583. The lowest BCUT2D eigenvalue weighted by Crippen LogP contribution is -2.40. The quantitative estimate of drug-likeness (QED) is 0.724. The van der Waals surface area contributed by atoms with Crippen LogP contribution in [-0.2, 0) is 16.1 Å². The predicted octanol–water partition coefficient (Wildman–Crippen LogP) is 3.53. The number of esters is 1. The fraction of sp³-hybridized carbons (Fsp3) is 0.389. The van der Waals surface area contributed by atoms with E-state index in [0.29, 0.717) is 41.1 Å². The molecule has 1 aromatic heterocycles. The van der Waals surface area contributed by atoms with Gasteiger partial charge in [-0.2, -0.15) is 8.78 Å². The number of alkyl halides is 2. The summed E-state index contributed by atoms with van der Waals surface area (Å²) in [4.78, 5) is 30.1. The van der Waals surface area contributed by atoms with Crippen LogP contribution in [0.25, 0.3) is 0 Å². The molecule has 1 fully saturated rings. The van der Waals surface area contributed by atoms with Gasteiger partial charge in [0.2, 0.25) is 0 Å². The third kappa shape index (κ3) is 4.63. The molecule has 9 heteroatoms. The van der Waals surface area contributed by atoms with E-state index < -0.39 is 12.5 Å². The van der Waals surface area contributed by atoms with E-state index in [-0.39, 0.29) is 24.3 Å². The Balaban J connectivity index is 1.49. The maximum atomic E-state index is 12.8. The van der Waals surface area contributed by atoms with Crippen LogP contribution in [-0.4, -0.2) is 39.4 Å². The number of likely N-dealkylation sites (tertiary alicyclic amines) is 1. The number of imidazole rings is 1. The van der Waals surface area contributed by atoms with Crippen LogP contribution in [0.2, 0.25) is 5.02 Å². The number of carbonyl (C=O) groups excluding carboxylic acids is 2. The molecule has 1 aliphatic heterocycles. The van der Waals surface area contributed by atoms with Gasteiger partial charge in [0, 0.05) is 36.1 Å². The SMILES string of the molecule is O=C(OCc1nccn1C(F)F)C1CCN(C(=O)c2ccc(Cl)cc2)CC1. The Morgan fingerprint density at radius 2 is 1.89 bits per heavy atom. The molecule has 0 saturated carbocycles. The van der Waals surface area contributed by atoms with E-state index in [2.05, 4.69) is 4.98 Å². The van der Waals surface area contributed by atoms with Crippen molar-refractivity contribution in [1.82, 2.24) is 14.5 Å². The van der Waals surface area contributed by atoms with Crippen LogP contribution in [0, 0.1) is 5.92 Å². The zero-order valence-electron chi connectivity index (χ0n) is 14.4. The summed E-state index contributed by atoms with van der Waals surface area (Å²) in [6.07, 6.45) is 3.29. The molecule has 2 heterocycles. The van der Waals surface area contributed by atoms with E-state index in [1.54, 1.807) is 29.2 Å². The Morgan fingerprint density at radius 1 is 1.22 bits per heavy atom. The van der Waals surface area contributed by atoms with Crippen LogP contribution in [0.4, 0.5) is 8.78 Å². The molecule has 2 aromatic rings. The molecule has 3 rings (SSSR count). The van der Waals surface area contributed by atoms with Gasteiger partial charge in [-0.15, -0.1) is 0 Å². The van der Waals surface area contributed by atoms with E-state index in [0.717, 1.165) is 6.20 Å². The molecular weight excluding hydrogens is 380 g/mol. The summed E-state index contributed by atoms with van der Waals surface area (Å²) in [7, 11) is 0. The van der Waals surface area contributed by atoms with Gasteiger partial charge in [-0.25, -0.2) is 4.98 Å². The number of hydrogen-bond donors (Lipinski definition) is 0. The first kappa shape index (κ1) is 19.3. The number of ether oxygens (including phenoxy) is 1. The highest BCUT2D eigenvalue weighted by atomic mass is 35.5. The minimum atomic E-state index is -2.73. The Labute approximate surface area is 159 Å². The molecule has 1 saturated heterocycles. The Morgan fingerprint density at radius 3 is 2.52 bits per heavy atom. The molecule has 27 heavy (non-hydrogen) atoms. The van der Waals surface area contributed by atoms with Gasteiger partial charge in [0.1, 0.15) is 6.61 Å². The molecule has 0 unspecified atom stereocenters. The second-order valence-corrected chi connectivity index (χ2v) is 6.65. The van der Waals surface area contributed by atoms with Crippen molar-refractivity contribution in [1.29, 1.82) is 0 Å². The van der Waals surface area contributed by atoms with Crippen molar-refractivity contribution in [3.05, 3.63) is 53.1 Å². The van der Waals surface area contributed by atoms with E-state index in [4.69, 9.17) is 16.3 Å². The summed E-state index contributed by atoms with van der Waals surface area (Å²) in [5.74, 6) is -0.946. The number of benzene rings is 1. The molecule has 1 aliphatic rings. The van der Waals surface area contributed by atoms with Crippen molar-refractivity contribution in [3.8, 4) is 0 Å². The molecule has 1 aromatic carbocycles. The Bertz CT molecular complexity index is 802. The van der Waals surface area contributed by atoms with Crippen LogP contribution in [0.5, 0.6) is 0 Å². The summed E-state index contributed by atoms with van der Waals surface area (Å²) < 4.78 is 31.3. The largest absolute Gasteiger partial charge is 0.457 e. The van der Waals surface area contributed by atoms with Gasteiger partial charge in [-0.1, -0.05) is 11.6 Å². The van der Waals surface area contributed by atoms with Crippen LogP contribution >= 0.6 is 11.6 Å². The Hall–Kier alpha value is -2.48. The molecular formula is C18H18ClF2N3O3. The third-order valence-electron chi connectivity index (χ3n) is 4.51. The van der Waals surface area contributed by atoms with Gasteiger partial charge in [0.15, 0.2) is 5.82 Å². The van der Waals surface area contributed by atoms with Gasteiger partial charge in [0.05, 0.1) is 5.92 Å². The number of rotatable bonds is 5. The molecule has 144 valence electrons. The maximum absolute atomic E-state index is 12.8. The highest BCUT2D eigenvalue weighted by Gasteiger charge is 2.29. The van der Waals surface area contributed by atoms with Gasteiger partial charge in [0.25, 0.3) is 5.91 Å². The summed E-state index contributed by atoms with van der Waals surface area (Å²) in [6, 6.07) is 6.64. The molecule has 0 spiro atoms. The first-order valence-corrected chi connectivity index (χ1v) is 8.85. The zero-order valence-corrected chi connectivity index (χ0v) is 15.1. The standard InChI is InChI=1S/C18H18ClF2N3O3/c19-14-3-1-12(2-4-14)16(25)23-8-5-13(6-9-23)17(26)27-11-15-22-7-10-24(15)18(20)21/h1-4,7,10,13,18H,5-6,8-9,11H2. The van der Waals surface area contributed by atoms with Gasteiger partial charge < -0.3 is 9.64 Å². The fourth-order valence-electron chi connectivity index (χ4n) is 2.98. The Kier molecular flexibility index (Phi) is 6.05. The number of halogens is 3.